The quantitative estimate of drug-likeness (QED) is 0.199. The number of hydrogen-bond acceptors (Lipinski definition) is 2. The zero-order valence-electron chi connectivity index (χ0n) is 25.1. The first kappa shape index (κ1) is 26.3. The van der Waals surface area contributed by atoms with Crippen molar-refractivity contribution < 1.29 is 4.42 Å². The monoisotopic (exact) mass is 587 g/mol. The highest BCUT2D eigenvalue weighted by Crippen LogP contribution is 2.42. The van der Waals surface area contributed by atoms with E-state index in [0.29, 0.717) is 0 Å². The molecule has 0 aliphatic carbocycles. The highest BCUT2D eigenvalue weighted by atomic mass is 16.3. The van der Waals surface area contributed by atoms with Crippen LogP contribution >= 0.6 is 0 Å². The molecule has 8 aromatic carbocycles. The Kier molecular flexibility index (Phi) is 6.17. The van der Waals surface area contributed by atoms with E-state index in [1.807, 2.05) is 6.07 Å². The van der Waals surface area contributed by atoms with Crippen LogP contribution in [0.5, 0.6) is 0 Å². The number of para-hydroxylation sites is 2. The third-order valence-electron chi connectivity index (χ3n) is 9.03. The van der Waals surface area contributed by atoms with Crippen molar-refractivity contribution in [2.45, 2.75) is 0 Å². The molecule has 2 heteroatoms. The van der Waals surface area contributed by atoms with Crippen LogP contribution in [0, 0.1) is 0 Å². The molecule has 0 N–H and O–H groups in total. The molecule has 0 atom stereocenters. The van der Waals surface area contributed by atoms with Gasteiger partial charge in [-0.25, -0.2) is 0 Å². The van der Waals surface area contributed by atoms with Gasteiger partial charge in [0.15, 0.2) is 0 Å². The van der Waals surface area contributed by atoms with Gasteiger partial charge < -0.3 is 9.32 Å². The Bertz CT molecular complexity index is 2510. The fourth-order valence-corrected chi connectivity index (χ4v) is 6.82. The van der Waals surface area contributed by atoms with E-state index in [1.54, 1.807) is 0 Å². The van der Waals surface area contributed by atoms with E-state index in [4.69, 9.17) is 4.42 Å². The lowest BCUT2D eigenvalue weighted by Gasteiger charge is -2.26. The molecule has 2 nitrogen and oxygen atoms in total. The zero-order valence-corrected chi connectivity index (χ0v) is 25.1. The Labute approximate surface area is 267 Å². The van der Waals surface area contributed by atoms with Gasteiger partial charge in [-0.1, -0.05) is 121 Å². The molecule has 0 bridgehead atoms. The summed E-state index contributed by atoms with van der Waals surface area (Å²) in [5.74, 6) is 0. The normalized spacial score (nSPS) is 11.5. The summed E-state index contributed by atoms with van der Waals surface area (Å²) in [5, 5.41) is 7.20. The fourth-order valence-electron chi connectivity index (χ4n) is 6.82. The smallest absolute Gasteiger partial charge is 0.136 e. The van der Waals surface area contributed by atoms with Gasteiger partial charge in [0.2, 0.25) is 0 Å². The Morgan fingerprint density at radius 2 is 1.00 bits per heavy atom. The largest absolute Gasteiger partial charge is 0.456 e. The van der Waals surface area contributed by atoms with Crippen LogP contribution in [0.4, 0.5) is 17.1 Å². The van der Waals surface area contributed by atoms with Crippen molar-refractivity contribution in [1.82, 2.24) is 0 Å². The van der Waals surface area contributed by atoms with Crippen LogP contribution in [-0.2, 0) is 0 Å². The van der Waals surface area contributed by atoms with Gasteiger partial charge in [0, 0.05) is 27.8 Å². The van der Waals surface area contributed by atoms with E-state index in [0.717, 1.165) is 33.6 Å². The fraction of sp³-hybridized carbons (Fsp3) is 0. The maximum Gasteiger partial charge on any atom is 0.136 e. The molecule has 0 amide bonds. The van der Waals surface area contributed by atoms with Crippen LogP contribution in [0.15, 0.2) is 180 Å². The van der Waals surface area contributed by atoms with Crippen LogP contribution in [0.3, 0.4) is 0 Å². The lowest BCUT2D eigenvalue weighted by molar-refractivity contribution is 0.669. The summed E-state index contributed by atoms with van der Waals surface area (Å²) >= 11 is 0. The van der Waals surface area contributed by atoms with Crippen LogP contribution < -0.4 is 4.90 Å². The Morgan fingerprint density at radius 1 is 0.348 bits per heavy atom. The molecule has 0 spiro atoms. The van der Waals surface area contributed by atoms with Crippen molar-refractivity contribution in [3.8, 4) is 22.3 Å². The maximum atomic E-state index is 6.37. The standard InChI is InChI=1S/C44H29NO/c1-3-12-32(13-4-1)40-29-43-44(39-17-9-10-18-42(39)46-43)38-26-22-34(28-41(38)40)31-19-23-36(24-20-31)45(35-15-5-2-6-16-35)37-25-21-30-11-7-8-14-33(30)27-37/h1-29H. The van der Waals surface area contributed by atoms with Crippen LogP contribution in [0.25, 0.3) is 65.7 Å². The van der Waals surface area contributed by atoms with Crippen molar-refractivity contribution in [2.24, 2.45) is 0 Å². The number of benzene rings is 8. The molecule has 0 radical (unpaired) electrons. The number of nitrogens with zero attached hydrogens (tertiary/aromatic N) is 1. The third-order valence-corrected chi connectivity index (χ3v) is 9.03. The molecule has 9 aromatic rings. The molecule has 0 fully saturated rings. The molecule has 46 heavy (non-hydrogen) atoms. The van der Waals surface area contributed by atoms with Gasteiger partial charge in [-0.05, 0) is 98.4 Å². The minimum Gasteiger partial charge on any atom is -0.456 e. The molecule has 0 saturated carbocycles. The molecule has 0 saturated heterocycles. The van der Waals surface area contributed by atoms with Gasteiger partial charge in [-0.2, -0.15) is 0 Å². The van der Waals surface area contributed by atoms with E-state index >= 15 is 0 Å². The molecule has 1 heterocycles. The number of rotatable bonds is 5. The maximum absolute atomic E-state index is 6.37. The minimum atomic E-state index is 0.915. The van der Waals surface area contributed by atoms with Crippen molar-refractivity contribution in [2.75, 3.05) is 4.90 Å². The second kappa shape index (κ2) is 10.8. The van der Waals surface area contributed by atoms with Crippen molar-refractivity contribution in [1.29, 1.82) is 0 Å². The predicted molar refractivity (Wildman–Crippen MR) is 194 cm³/mol. The van der Waals surface area contributed by atoms with E-state index in [2.05, 4.69) is 175 Å². The molecule has 1 aromatic heterocycles. The molecular weight excluding hydrogens is 558 g/mol. The van der Waals surface area contributed by atoms with Gasteiger partial charge >= 0.3 is 0 Å². The third kappa shape index (κ3) is 4.43. The average Bonchev–Trinajstić information content (AvgIpc) is 3.51. The first-order chi connectivity index (χ1) is 22.8. The van der Waals surface area contributed by atoms with Crippen LogP contribution in [-0.4, -0.2) is 0 Å². The Hall–Kier alpha value is -6.12. The highest BCUT2D eigenvalue weighted by molar-refractivity contribution is 6.22. The van der Waals surface area contributed by atoms with E-state index < -0.39 is 0 Å². The summed E-state index contributed by atoms with van der Waals surface area (Å²) < 4.78 is 6.37. The van der Waals surface area contributed by atoms with Gasteiger partial charge in [0.25, 0.3) is 0 Å². The molecule has 216 valence electrons. The molecule has 9 rings (SSSR count). The highest BCUT2D eigenvalue weighted by Gasteiger charge is 2.17. The van der Waals surface area contributed by atoms with Crippen molar-refractivity contribution in [3.63, 3.8) is 0 Å². The summed E-state index contributed by atoms with van der Waals surface area (Å²) in [6.07, 6.45) is 0. The van der Waals surface area contributed by atoms with Crippen LogP contribution in [0.2, 0.25) is 0 Å². The second-order valence-corrected chi connectivity index (χ2v) is 11.8. The second-order valence-electron chi connectivity index (χ2n) is 11.8. The Morgan fingerprint density at radius 3 is 1.83 bits per heavy atom. The number of hydrogen-bond donors (Lipinski definition) is 0. The summed E-state index contributed by atoms with van der Waals surface area (Å²) in [6.45, 7) is 0. The topological polar surface area (TPSA) is 16.4 Å². The number of furan rings is 1. The first-order valence-corrected chi connectivity index (χ1v) is 15.7. The summed E-state index contributed by atoms with van der Waals surface area (Å²) in [7, 11) is 0. The van der Waals surface area contributed by atoms with Crippen LogP contribution in [0.1, 0.15) is 0 Å². The lowest BCUT2D eigenvalue weighted by atomic mass is 9.92. The molecular formula is C44H29NO. The van der Waals surface area contributed by atoms with Gasteiger partial charge in [0.05, 0.1) is 0 Å². The summed E-state index contributed by atoms with van der Waals surface area (Å²) in [6, 6.07) is 62.7. The SMILES string of the molecule is c1ccc(-c2cc3oc4ccccc4c3c3ccc(-c4ccc(N(c5ccccc5)c5ccc6ccccc6c5)cc4)cc23)cc1. The number of fused-ring (bicyclic) bond motifs is 6. The van der Waals surface area contributed by atoms with E-state index in [9.17, 15) is 0 Å². The lowest BCUT2D eigenvalue weighted by Crippen LogP contribution is -2.09. The van der Waals surface area contributed by atoms with Gasteiger partial charge in [0.1, 0.15) is 11.2 Å². The number of anilines is 3. The molecule has 0 aliphatic rings. The van der Waals surface area contributed by atoms with Gasteiger partial charge in [-0.3, -0.25) is 0 Å². The minimum absolute atomic E-state index is 0.915. The summed E-state index contributed by atoms with van der Waals surface area (Å²) in [5.41, 5.74) is 9.91. The van der Waals surface area contributed by atoms with Crippen molar-refractivity contribution >= 4 is 60.5 Å². The average molecular weight is 588 g/mol. The summed E-state index contributed by atoms with van der Waals surface area (Å²) in [4.78, 5) is 2.32. The Balaban J connectivity index is 1.18. The predicted octanol–water partition coefficient (Wildman–Crippen LogP) is 12.7. The van der Waals surface area contributed by atoms with Crippen molar-refractivity contribution in [3.05, 3.63) is 176 Å². The first-order valence-electron chi connectivity index (χ1n) is 15.7. The van der Waals surface area contributed by atoms with Gasteiger partial charge in [-0.15, -0.1) is 0 Å². The van der Waals surface area contributed by atoms with E-state index in [1.165, 1.54) is 49.2 Å². The van der Waals surface area contributed by atoms with E-state index in [-0.39, 0.29) is 0 Å². The molecule has 0 unspecified atom stereocenters. The zero-order chi connectivity index (χ0) is 30.5. The molecule has 0 aliphatic heterocycles.